The van der Waals surface area contributed by atoms with Crippen molar-refractivity contribution in [3.05, 3.63) is 34.4 Å². The summed E-state index contributed by atoms with van der Waals surface area (Å²) < 4.78 is 0.885. The van der Waals surface area contributed by atoms with Crippen molar-refractivity contribution >= 4 is 32.8 Å². The highest BCUT2D eigenvalue weighted by molar-refractivity contribution is 9.10. The van der Waals surface area contributed by atoms with Crippen LogP contribution in [0.4, 0.5) is 0 Å². The third kappa shape index (κ3) is 3.23. The second-order valence-corrected chi connectivity index (χ2v) is 5.93. The highest BCUT2D eigenvalue weighted by Gasteiger charge is 2.24. The third-order valence-electron chi connectivity index (χ3n) is 3.66. The van der Waals surface area contributed by atoms with Gasteiger partial charge in [0.2, 0.25) is 0 Å². The normalized spacial score (nSPS) is 12.7. The van der Waals surface area contributed by atoms with Gasteiger partial charge in [-0.1, -0.05) is 50.8 Å². The number of hydrogen-bond acceptors (Lipinski definition) is 1. The van der Waals surface area contributed by atoms with Crippen LogP contribution in [-0.2, 0) is 4.79 Å². The van der Waals surface area contributed by atoms with Crippen LogP contribution in [0.25, 0.3) is 10.9 Å². The maximum atomic E-state index is 11.6. The van der Waals surface area contributed by atoms with Gasteiger partial charge in [-0.3, -0.25) is 4.79 Å². The number of fused-ring (bicyclic) bond motifs is 1. The Morgan fingerprint density at radius 2 is 2.05 bits per heavy atom. The summed E-state index contributed by atoms with van der Waals surface area (Å²) in [5, 5.41) is 10.5. The molecule has 0 saturated carbocycles. The van der Waals surface area contributed by atoms with Crippen molar-refractivity contribution in [1.29, 1.82) is 0 Å². The Morgan fingerprint density at radius 1 is 1.30 bits per heavy atom. The fraction of sp³-hybridized carbons (Fsp3) is 0.438. The summed E-state index contributed by atoms with van der Waals surface area (Å²) in [5.41, 5.74) is 1.77. The maximum absolute atomic E-state index is 11.6. The van der Waals surface area contributed by atoms with Crippen molar-refractivity contribution in [2.24, 2.45) is 0 Å². The Kier molecular flexibility index (Phi) is 5.24. The van der Waals surface area contributed by atoms with Crippen molar-refractivity contribution in [2.45, 2.75) is 44.9 Å². The summed E-state index contributed by atoms with van der Waals surface area (Å²) in [5.74, 6) is -1.22. The Hall–Kier alpha value is -1.29. The molecule has 1 aromatic heterocycles. The number of aliphatic carboxylic acids is 1. The fourth-order valence-electron chi connectivity index (χ4n) is 2.54. The molecule has 4 heteroatoms. The number of carboxylic acids is 1. The molecule has 2 N–H and O–H groups in total. The van der Waals surface area contributed by atoms with Crippen LogP contribution in [0.15, 0.2) is 28.7 Å². The molecule has 0 bridgehead atoms. The number of hydrogen-bond donors (Lipinski definition) is 2. The molecule has 20 heavy (non-hydrogen) atoms. The lowest BCUT2D eigenvalue weighted by molar-refractivity contribution is -0.139. The highest BCUT2D eigenvalue weighted by Crippen LogP contribution is 2.34. The number of halogens is 1. The average Bonchev–Trinajstić information content (AvgIpc) is 2.76. The number of rotatable bonds is 7. The molecule has 0 aliphatic carbocycles. The molecule has 1 atom stereocenters. The number of para-hydroxylation sites is 1. The van der Waals surface area contributed by atoms with E-state index in [1.54, 1.807) is 0 Å². The number of carboxylic acid groups (broad SMARTS) is 1. The van der Waals surface area contributed by atoms with E-state index in [2.05, 4.69) is 27.8 Å². The molecule has 0 aliphatic heterocycles. The Bertz CT molecular complexity index is 591. The lowest BCUT2D eigenvalue weighted by atomic mass is 9.97. The van der Waals surface area contributed by atoms with E-state index in [9.17, 15) is 9.90 Å². The second-order valence-electron chi connectivity index (χ2n) is 5.14. The van der Waals surface area contributed by atoms with Crippen LogP contribution in [0.5, 0.6) is 0 Å². The number of H-pyrrole nitrogens is 1. The third-order valence-corrected chi connectivity index (χ3v) is 4.52. The van der Waals surface area contributed by atoms with E-state index in [0.29, 0.717) is 6.42 Å². The van der Waals surface area contributed by atoms with E-state index in [1.807, 2.05) is 24.3 Å². The number of aromatic nitrogens is 1. The molecule has 0 saturated heterocycles. The first-order valence-corrected chi connectivity index (χ1v) is 7.93. The molecule has 0 amide bonds. The summed E-state index contributed by atoms with van der Waals surface area (Å²) >= 11 is 3.55. The van der Waals surface area contributed by atoms with Gasteiger partial charge in [-0.25, -0.2) is 0 Å². The number of unbranched alkanes of at least 4 members (excludes halogenated alkanes) is 3. The van der Waals surface area contributed by atoms with Gasteiger partial charge in [-0.05, 0) is 28.4 Å². The van der Waals surface area contributed by atoms with Gasteiger partial charge in [0.25, 0.3) is 0 Å². The van der Waals surface area contributed by atoms with Gasteiger partial charge in [-0.15, -0.1) is 0 Å². The Labute approximate surface area is 127 Å². The van der Waals surface area contributed by atoms with Crippen LogP contribution in [-0.4, -0.2) is 16.1 Å². The average molecular weight is 338 g/mol. The monoisotopic (exact) mass is 337 g/mol. The van der Waals surface area contributed by atoms with Gasteiger partial charge in [0.15, 0.2) is 0 Å². The zero-order valence-electron chi connectivity index (χ0n) is 11.7. The van der Waals surface area contributed by atoms with Crippen LogP contribution in [0, 0.1) is 0 Å². The van der Waals surface area contributed by atoms with E-state index >= 15 is 0 Å². The fourth-order valence-corrected chi connectivity index (χ4v) is 3.26. The zero-order chi connectivity index (χ0) is 14.5. The van der Waals surface area contributed by atoms with E-state index in [-0.39, 0.29) is 0 Å². The lowest BCUT2D eigenvalue weighted by Crippen LogP contribution is -2.12. The predicted molar refractivity (Wildman–Crippen MR) is 85.1 cm³/mol. The van der Waals surface area contributed by atoms with Crippen LogP contribution in [0.3, 0.4) is 0 Å². The molecule has 0 radical (unpaired) electrons. The highest BCUT2D eigenvalue weighted by atomic mass is 79.9. The number of benzene rings is 1. The first kappa shape index (κ1) is 15.1. The molecule has 1 aromatic carbocycles. The van der Waals surface area contributed by atoms with Crippen LogP contribution < -0.4 is 0 Å². The molecular weight excluding hydrogens is 318 g/mol. The molecule has 2 aromatic rings. The van der Waals surface area contributed by atoms with Crippen molar-refractivity contribution < 1.29 is 9.90 Å². The van der Waals surface area contributed by atoms with Crippen LogP contribution in [0.1, 0.15) is 50.6 Å². The van der Waals surface area contributed by atoms with Crippen molar-refractivity contribution in [1.82, 2.24) is 4.98 Å². The molecule has 0 spiro atoms. The van der Waals surface area contributed by atoms with Gasteiger partial charge in [0.1, 0.15) is 0 Å². The molecule has 0 aliphatic rings. The molecular formula is C16H20BrNO2. The molecule has 1 heterocycles. The predicted octanol–water partition coefficient (Wildman–Crippen LogP) is 5.07. The van der Waals surface area contributed by atoms with Crippen LogP contribution >= 0.6 is 15.9 Å². The smallest absolute Gasteiger partial charge is 0.312 e. The Balaban J connectivity index is 2.23. The topological polar surface area (TPSA) is 53.1 Å². The molecule has 3 nitrogen and oxygen atoms in total. The largest absolute Gasteiger partial charge is 0.481 e. The molecule has 0 fully saturated rings. The van der Waals surface area contributed by atoms with Crippen molar-refractivity contribution in [2.75, 3.05) is 0 Å². The van der Waals surface area contributed by atoms with Gasteiger partial charge >= 0.3 is 5.97 Å². The second kappa shape index (κ2) is 6.93. The molecule has 1 unspecified atom stereocenters. The minimum Gasteiger partial charge on any atom is -0.481 e. The Morgan fingerprint density at radius 3 is 2.70 bits per heavy atom. The van der Waals surface area contributed by atoms with E-state index in [4.69, 9.17) is 0 Å². The number of nitrogens with one attached hydrogen (secondary N) is 1. The van der Waals surface area contributed by atoms with E-state index in [0.717, 1.165) is 40.3 Å². The van der Waals surface area contributed by atoms with Gasteiger partial charge < -0.3 is 10.1 Å². The van der Waals surface area contributed by atoms with Crippen molar-refractivity contribution in [3.8, 4) is 0 Å². The maximum Gasteiger partial charge on any atom is 0.312 e. The van der Waals surface area contributed by atoms with Gasteiger partial charge in [0.05, 0.1) is 5.92 Å². The van der Waals surface area contributed by atoms with E-state index < -0.39 is 11.9 Å². The zero-order valence-corrected chi connectivity index (χ0v) is 13.2. The van der Waals surface area contributed by atoms with Gasteiger partial charge in [0, 0.05) is 21.1 Å². The number of aromatic amines is 1. The first-order chi connectivity index (χ1) is 9.65. The van der Waals surface area contributed by atoms with E-state index in [1.165, 1.54) is 6.42 Å². The standard InChI is InChI=1S/C16H20BrNO2/c1-2-3-4-5-9-12(16(19)20)15-14(17)11-8-6-7-10-13(11)18-15/h6-8,10,12,18H,2-5,9H2,1H3,(H,19,20). The molecule has 108 valence electrons. The summed E-state index contributed by atoms with van der Waals surface area (Å²) in [6.45, 7) is 2.16. The summed E-state index contributed by atoms with van der Waals surface area (Å²) in [7, 11) is 0. The SMILES string of the molecule is CCCCCCC(C(=O)O)c1[nH]c2ccccc2c1Br. The summed E-state index contributed by atoms with van der Waals surface area (Å²) in [6.07, 6.45) is 5.06. The minimum atomic E-state index is -0.756. The number of carbonyl (C=O) groups is 1. The van der Waals surface area contributed by atoms with Gasteiger partial charge in [-0.2, -0.15) is 0 Å². The summed E-state index contributed by atoms with van der Waals surface area (Å²) in [4.78, 5) is 14.8. The van der Waals surface area contributed by atoms with Crippen LogP contribution in [0.2, 0.25) is 0 Å². The minimum absolute atomic E-state index is 0.464. The summed E-state index contributed by atoms with van der Waals surface area (Å²) in [6, 6.07) is 7.88. The quantitative estimate of drug-likeness (QED) is 0.693. The van der Waals surface area contributed by atoms with Crippen molar-refractivity contribution in [3.63, 3.8) is 0 Å². The lowest BCUT2D eigenvalue weighted by Gasteiger charge is -2.11. The molecule has 2 rings (SSSR count). The first-order valence-electron chi connectivity index (χ1n) is 7.14.